The van der Waals surface area contributed by atoms with E-state index in [0.717, 1.165) is 12.1 Å². The minimum absolute atomic E-state index is 0.0673. The lowest BCUT2D eigenvalue weighted by Crippen LogP contribution is -2.56. The molecule has 3 aromatic carbocycles. The lowest BCUT2D eigenvalue weighted by molar-refractivity contribution is -0.137. The molecule has 3 atom stereocenters. The monoisotopic (exact) mass is 733 g/mol. The van der Waals surface area contributed by atoms with Crippen molar-refractivity contribution >= 4 is 41.0 Å². The molecule has 3 amide bonds. The van der Waals surface area contributed by atoms with E-state index in [-0.39, 0.29) is 54.9 Å². The first-order valence-corrected chi connectivity index (χ1v) is 17.2. The van der Waals surface area contributed by atoms with E-state index >= 15 is 4.79 Å². The van der Waals surface area contributed by atoms with E-state index in [1.165, 1.54) is 18.1 Å². The molecule has 50 heavy (non-hydrogen) atoms. The van der Waals surface area contributed by atoms with Crippen LogP contribution in [0.5, 0.6) is 5.75 Å². The lowest BCUT2D eigenvalue weighted by atomic mass is 9.93. The average Bonchev–Trinajstić information content (AvgIpc) is 3.48. The van der Waals surface area contributed by atoms with E-state index in [2.05, 4.69) is 10.6 Å². The number of benzene rings is 3. The summed E-state index contributed by atoms with van der Waals surface area (Å²) in [6.45, 7) is 4.83. The third-order valence-electron chi connectivity index (χ3n) is 8.68. The topological polar surface area (TPSA) is 95.5 Å². The molecule has 2 aliphatic rings. The fourth-order valence-electron chi connectivity index (χ4n) is 6.39. The summed E-state index contributed by atoms with van der Waals surface area (Å²) in [6.07, 6.45) is -3.46. The number of hydrogen-bond donors (Lipinski definition) is 2. The van der Waals surface area contributed by atoms with Crippen molar-refractivity contribution in [1.82, 2.24) is 20.4 Å². The second-order valence-electron chi connectivity index (χ2n) is 12.3. The predicted molar refractivity (Wildman–Crippen MR) is 187 cm³/mol. The van der Waals surface area contributed by atoms with Gasteiger partial charge >= 0.3 is 12.2 Å². The maximum atomic E-state index is 15.2. The van der Waals surface area contributed by atoms with Crippen molar-refractivity contribution in [1.29, 1.82) is 0 Å². The van der Waals surface area contributed by atoms with Gasteiger partial charge in [-0.25, -0.2) is 4.79 Å². The van der Waals surface area contributed by atoms with Gasteiger partial charge in [-0.2, -0.15) is 13.2 Å². The molecule has 5 rings (SSSR count). The molecule has 2 heterocycles. The molecular weight excluding hydrogens is 694 g/mol. The van der Waals surface area contributed by atoms with Crippen molar-refractivity contribution in [3.05, 3.63) is 99.0 Å². The van der Waals surface area contributed by atoms with Crippen LogP contribution in [-0.2, 0) is 15.7 Å². The molecule has 0 saturated carbocycles. The van der Waals surface area contributed by atoms with Crippen molar-refractivity contribution in [2.24, 2.45) is 4.99 Å². The third kappa shape index (κ3) is 8.71. The smallest absolute Gasteiger partial charge is 0.416 e. The molecule has 0 spiro atoms. The molecule has 0 aromatic heterocycles. The summed E-state index contributed by atoms with van der Waals surface area (Å²) in [5.74, 6) is -0.342. The van der Waals surface area contributed by atoms with Crippen molar-refractivity contribution in [3.8, 4) is 5.75 Å². The molecule has 2 aliphatic heterocycles. The zero-order valence-corrected chi connectivity index (χ0v) is 29.5. The molecule has 1 saturated heterocycles. The highest BCUT2D eigenvalue weighted by atomic mass is 35.5. The highest BCUT2D eigenvalue weighted by molar-refractivity contribution is 6.30. The number of hydrogen-bond acceptors (Lipinski definition) is 6. The standard InChI is InChI=1S/C36H40Cl2F3N5O4/c1-4-50-30-19-25(36(39,40)41)9-14-29(30)34-44-32(23-5-10-26(37)11-6-23)33(24-7-12-27(38)13-8-24)46(34)35(48)45(28-15-17-42-18-16-28)20-31(47)43-22(2)21-49-3/h5-14,19,22,28,32-33,42H,4,15-18,20-21H2,1-3H3,(H,43,47). The molecule has 1 fully saturated rings. The number of ether oxygens (including phenoxy) is 2. The molecular formula is C36H40Cl2F3N5O4. The molecule has 2 N–H and O–H groups in total. The first kappa shape index (κ1) is 37.4. The van der Waals surface area contributed by atoms with Gasteiger partial charge in [-0.3, -0.25) is 14.7 Å². The van der Waals surface area contributed by atoms with Crippen LogP contribution in [0, 0.1) is 0 Å². The number of nitrogens with one attached hydrogen (secondary N) is 2. The van der Waals surface area contributed by atoms with Crippen LogP contribution in [-0.4, -0.2) is 79.6 Å². The Hall–Kier alpha value is -3.84. The molecule has 268 valence electrons. The maximum Gasteiger partial charge on any atom is 0.416 e. The molecule has 3 aromatic rings. The zero-order valence-electron chi connectivity index (χ0n) is 28.0. The normalized spacial score (nSPS) is 18.8. The number of amidine groups is 1. The van der Waals surface area contributed by atoms with E-state index in [9.17, 15) is 18.0 Å². The van der Waals surface area contributed by atoms with Crippen LogP contribution in [0.15, 0.2) is 71.7 Å². The number of urea groups is 1. The van der Waals surface area contributed by atoms with Crippen LogP contribution < -0.4 is 15.4 Å². The highest BCUT2D eigenvalue weighted by Crippen LogP contribution is 2.46. The predicted octanol–water partition coefficient (Wildman–Crippen LogP) is 7.28. The second kappa shape index (κ2) is 16.5. The molecule has 0 radical (unpaired) electrons. The average molecular weight is 735 g/mol. The fraction of sp³-hybridized carbons (Fsp3) is 0.417. The SMILES string of the molecule is CCOc1cc(C(F)(F)F)ccc1C1=NC(c2ccc(Cl)cc2)C(c2ccc(Cl)cc2)N1C(=O)N(CC(=O)NC(C)COC)C1CCNCC1. The summed E-state index contributed by atoms with van der Waals surface area (Å²) in [5.41, 5.74) is 0.691. The van der Waals surface area contributed by atoms with Crippen LogP contribution >= 0.6 is 23.2 Å². The summed E-state index contributed by atoms with van der Waals surface area (Å²) < 4.78 is 52.7. The molecule has 9 nitrogen and oxygen atoms in total. The number of nitrogens with zero attached hydrogens (tertiary/aromatic N) is 3. The van der Waals surface area contributed by atoms with Gasteiger partial charge in [0.2, 0.25) is 5.91 Å². The molecule has 0 aliphatic carbocycles. The van der Waals surface area contributed by atoms with Gasteiger partial charge in [0.25, 0.3) is 0 Å². The summed E-state index contributed by atoms with van der Waals surface area (Å²) in [7, 11) is 1.54. The summed E-state index contributed by atoms with van der Waals surface area (Å²) in [5, 5.41) is 7.18. The second-order valence-corrected chi connectivity index (χ2v) is 13.1. The third-order valence-corrected chi connectivity index (χ3v) is 9.18. The lowest BCUT2D eigenvalue weighted by Gasteiger charge is -2.39. The minimum Gasteiger partial charge on any atom is -0.493 e. The van der Waals surface area contributed by atoms with E-state index < -0.39 is 29.9 Å². The largest absolute Gasteiger partial charge is 0.493 e. The van der Waals surface area contributed by atoms with E-state index in [4.69, 9.17) is 37.7 Å². The zero-order chi connectivity index (χ0) is 36.0. The number of halogens is 5. The van der Waals surface area contributed by atoms with Crippen molar-refractivity contribution in [2.75, 3.05) is 40.0 Å². The fourth-order valence-corrected chi connectivity index (χ4v) is 6.64. The minimum atomic E-state index is -4.63. The maximum absolute atomic E-state index is 15.2. The molecule has 0 bridgehead atoms. The Morgan fingerprint density at radius 1 is 1.02 bits per heavy atom. The Labute approximate surface area is 299 Å². The van der Waals surface area contributed by atoms with E-state index in [1.807, 2.05) is 0 Å². The summed E-state index contributed by atoms with van der Waals surface area (Å²) in [4.78, 5) is 36.8. The number of amides is 3. The number of aliphatic imine (C=N–C) groups is 1. The van der Waals surface area contributed by atoms with Gasteiger partial charge in [0.1, 0.15) is 24.2 Å². The van der Waals surface area contributed by atoms with Gasteiger partial charge in [0, 0.05) is 29.2 Å². The Balaban J connectivity index is 1.70. The van der Waals surface area contributed by atoms with Crippen molar-refractivity contribution in [2.45, 2.75) is 57.0 Å². The summed E-state index contributed by atoms with van der Waals surface area (Å²) in [6, 6.07) is 14.5. The van der Waals surface area contributed by atoms with Gasteiger partial charge in [-0.05, 0) is 93.4 Å². The van der Waals surface area contributed by atoms with Crippen LogP contribution in [0.4, 0.5) is 18.0 Å². The number of piperidine rings is 1. The molecule has 14 heteroatoms. The Morgan fingerprint density at radius 3 is 2.22 bits per heavy atom. The Morgan fingerprint density at radius 2 is 1.64 bits per heavy atom. The van der Waals surface area contributed by atoms with Crippen LogP contribution in [0.3, 0.4) is 0 Å². The van der Waals surface area contributed by atoms with Crippen LogP contribution in [0.25, 0.3) is 0 Å². The number of rotatable bonds is 11. The van der Waals surface area contributed by atoms with Gasteiger partial charge < -0.3 is 25.0 Å². The van der Waals surface area contributed by atoms with Crippen molar-refractivity contribution in [3.63, 3.8) is 0 Å². The van der Waals surface area contributed by atoms with Gasteiger partial charge in [0.05, 0.1) is 30.4 Å². The van der Waals surface area contributed by atoms with Gasteiger partial charge in [-0.15, -0.1) is 0 Å². The molecule has 3 unspecified atom stereocenters. The Kier molecular flexibility index (Phi) is 12.3. The first-order valence-electron chi connectivity index (χ1n) is 16.4. The Bertz CT molecular complexity index is 1670. The summed E-state index contributed by atoms with van der Waals surface area (Å²) >= 11 is 12.5. The number of carbonyl (C=O) groups excluding carboxylic acids is 2. The van der Waals surface area contributed by atoms with Gasteiger partial charge in [0.15, 0.2) is 0 Å². The number of methoxy groups -OCH3 is 1. The quantitative estimate of drug-likeness (QED) is 0.216. The highest BCUT2D eigenvalue weighted by Gasteiger charge is 2.46. The number of alkyl halides is 3. The van der Waals surface area contributed by atoms with Crippen LogP contribution in [0.2, 0.25) is 10.0 Å². The first-order chi connectivity index (χ1) is 23.9. The van der Waals surface area contributed by atoms with E-state index in [0.29, 0.717) is 47.1 Å². The number of carbonyl (C=O) groups is 2. The van der Waals surface area contributed by atoms with Gasteiger partial charge in [-0.1, -0.05) is 47.5 Å². The van der Waals surface area contributed by atoms with E-state index in [1.54, 1.807) is 67.3 Å². The van der Waals surface area contributed by atoms with Crippen LogP contribution in [0.1, 0.15) is 61.0 Å². The van der Waals surface area contributed by atoms with Crippen molar-refractivity contribution < 1.29 is 32.2 Å².